The lowest BCUT2D eigenvalue weighted by molar-refractivity contribution is 0.281. The molecule has 0 aliphatic heterocycles. The summed E-state index contributed by atoms with van der Waals surface area (Å²) in [6.45, 7) is 3.79. The van der Waals surface area contributed by atoms with E-state index in [1.807, 2.05) is 0 Å². The predicted molar refractivity (Wildman–Crippen MR) is 101 cm³/mol. The van der Waals surface area contributed by atoms with Gasteiger partial charge in [-0.15, -0.1) is 0 Å². The van der Waals surface area contributed by atoms with Gasteiger partial charge in [-0.25, -0.2) is 13.8 Å². The highest BCUT2D eigenvalue weighted by atomic mass is 19.2. The van der Waals surface area contributed by atoms with Crippen LogP contribution in [-0.4, -0.2) is 4.98 Å². The fraction of sp³-hybridized carbons (Fsp3) is 0.318. The maximum atomic E-state index is 14.4. The number of oxazole rings is 1. The molecular weight excluding hydrogens is 367 g/mol. The van der Waals surface area contributed by atoms with Crippen LogP contribution in [-0.2, 0) is 13.0 Å². The van der Waals surface area contributed by atoms with E-state index in [4.69, 9.17) is 9.15 Å². The van der Waals surface area contributed by atoms with Gasteiger partial charge in [0.05, 0.1) is 0 Å². The fourth-order valence-electron chi connectivity index (χ4n) is 2.93. The summed E-state index contributed by atoms with van der Waals surface area (Å²) >= 11 is 0. The second-order valence-electron chi connectivity index (χ2n) is 6.70. The summed E-state index contributed by atoms with van der Waals surface area (Å²) in [6.07, 6.45) is 5.28. The van der Waals surface area contributed by atoms with Gasteiger partial charge in [-0.3, -0.25) is 0 Å². The van der Waals surface area contributed by atoms with Gasteiger partial charge in [0.1, 0.15) is 24.4 Å². The molecule has 3 nitrogen and oxygen atoms in total. The van der Waals surface area contributed by atoms with Crippen molar-refractivity contribution < 1.29 is 22.3 Å². The molecule has 0 saturated carbocycles. The third-order valence-electron chi connectivity index (χ3n) is 4.42. The SMILES string of the molecule is CCCCCc1nc(COc2c(-c3cc(C)ccc3F)ccc(F)c2F)co1. The quantitative estimate of drug-likeness (QED) is 0.419. The minimum Gasteiger partial charge on any atom is -0.483 e. The molecule has 3 aromatic rings. The van der Waals surface area contributed by atoms with Crippen LogP contribution in [0.5, 0.6) is 5.75 Å². The Morgan fingerprint density at radius 1 is 1.00 bits per heavy atom. The van der Waals surface area contributed by atoms with Gasteiger partial charge in [0.25, 0.3) is 0 Å². The molecule has 0 radical (unpaired) electrons. The third-order valence-corrected chi connectivity index (χ3v) is 4.42. The molecule has 0 fully saturated rings. The number of benzene rings is 2. The standard InChI is InChI=1S/C22H22F3NO2/c1-3-4-5-6-20-26-15(12-27-20)13-28-22-16(8-10-19(24)21(22)25)17-11-14(2)7-9-18(17)23/h7-12H,3-6,13H2,1-2H3. The normalized spacial score (nSPS) is 11.0. The van der Waals surface area contributed by atoms with Crippen molar-refractivity contribution in [2.24, 2.45) is 0 Å². The number of halogens is 3. The molecule has 0 aliphatic carbocycles. The summed E-state index contributed by atoms with van der Waals surface area (Å²) in [5.41, 5.74) is 1.55. The topological polar surface area (TPSA) is 35.3 Å². The molecule has 0 bridgehead atoms. The highest BCUT2D eigenvalue weighted by molar-refractivity contribution is 5.72. The van der Waals surface area contributed by atoms with Crippen molar-refractivity contribution in [3.8, 4) is 16.9 Å². The van der Waals surface area contributed by atoms with E-state index < -0.39 is 17.5 Å². The van der Waals surface area contributed by atoms with Gasteiger partial charge in [-0.2, -0.15) is 4.39 Å². The summed E-state index contributed by atoms with van der Waals surface area (Å²) in [4.78, 5) is 4.30. The molecule has 0 spiro atoms. The van der Waals surface area contributed by atoms with E-state index in [9.17, 15) is 13.2 Å². The van der Waals surface area contributed by atoms with E-state index in [1.165, 1.54) is 18.4 Å². The molecule has 28 heavy (non-hydrogen) atoms. The largest absolute Gasteiger partial charge is 0.483 e. The van der Waals surface area contributed by atoms with Crippen molar-refractivity contribution in [1.82, 2.24) is 4.98 Å². The van der Waals surface area contributed by atoms with Crippen LogP contribution in [0.4, 0.5) is 13.2 Å². The van der Waals surface area contributed by atoms with Gasteiger partial charge in [-0.1, -0.05) is 31.4 Å². The number of hydrogen-bond donors (Lipinski definition) is 0. The zero-order chi connectivity index (χ0) is 20.1. The number of ether oxygens (including phenoxy) is 1. The van der Waals surface area contributed by atoms with Gasteiger partial charge in [-0.05, 0) is 37.6 Å². The lowest BCUT2D eigenvalue weighted by Crippen LogP contribution is -2.02. The number of rotatable bonds is 8. The Kier molecular flexibility index (Phi) is 6.39. The Balaban J connectivity index is 1.84. The van der Waals surface area contributed by atoms with E-state index >= 15 is 0 Å². The number of aryl methyl sites for hydroxylation is 2. The van der Waals surface area contributed by atoms with E-state index in [0.29, 0.717) is 18.0 Å². The van der Waals surface area contributed by atoms with Gasteiger partial charge < -0.3 is 9.15 Å². The predicted octanol–water partition coefficient (Wildman–Crippen LogP) is 6.38. The molecule has 0 unspecified atom stereocenters. The third kappa shape index (κ3) is 4.55. The highest BCUT2D eigenvalue weighted by Crippen LogP contribution is 2.36. The number of nitrogens with zero attached hydrogens (tertiary/aromatic N) is 1. The van der Waals surface area contributed by atoms with Gasteiger partial charge in [0, 0.05) is 17.5 Å². The molecular formula is C22H22F3NO2. The van der Waals surface area contributed by atoms with Crippen LogP contribution in [0.1, 0.15) is 43.3 Å². The second-order valence-corrected chi connectivity index (χ2v) is 6.70. The van der Waals surface area contributed by atoms with Crippen LogP contribution in [0.25, 0.3) is 11.1 Å². The monoisotopic (exact) mass is 389 g/mol. The van der Waals surface area contributed by atoms with E-state index in [2.05, 4.69) is 11.9 Å². The molecule has 0 aliphatic rings. The first-order valence-corrected chi connectivity index (χ1v) is 9.30. The van der Waals surface area contributed by atoms with E-state index in [0.717, 1.165) is 30.9 Å². The van der Waals surface area contributed by atoms with Crippen molar-refractivity contribution in [2.45, 2.75) is 46.1 Å². The summed E-state index contributed by atoms with van der Waals surface area (Å²) in [6, 6.07) is 6.73. The zero-order valence-corrected chi connectivity index (χ0v) is 15.9. The van der Waals surface area contributed by atoms with Crippen molar-refractivity contribution in [1.29, 1.82) is 0 Å². The molecule has 6 heteroatoms. The molecule has 3 rings (SSSR count). The van der Waals surface area contributed by atoms with Crippen molar-refractivity contribution in [2.75, 3.05) is 0 Å². The molecule has 0 N–H and O–H groups in total. The van der Waals surface area contributed by atoms with Gasteiger partial charge in [0.15, 0.2) is 17.5 Å². The lowest BCUT2D eigenvalue weighted by Gasteiger charge is -2.13. The van der Waals surface area contributed by atoms with E-state index in [-0.39, 0.29) is 23.5 Å². The van der Waals surface area contributed by atoms with Crippen LogP contribution in [0.2, 0.25) is 0 Å². The molecule has 0 saturated heterocycles. The molecule has 148 valence electrons. The van der Waals surface area contributed by atoms with E-state index in [1.54, 1.807) is 19.1 Å². The smallest absolute Gasteiger partial charge is 0.201 e. The maximum Gasteiger partial charge on any atom is 0.201 e. The second kappa shape index (κ2) is 8.95. The molecule has 0 atom stereocenters. The number of hydrogen-bond acceptors (Lipinski definition) is 3. The summed E-state index contributed by atoms with van der Waals surface area (Å²) in [5, 5.41) is 0. The number of aromatic nitrogens is 1. The Hall–Kier alpha value is -2.76. The Labute approximate surface area is 162 Å². The molecule has 2 aromatic carbocycles. The first-order valence-electron chi connectivity index (χ1n) is 9.30. The maximum absolute atomic E-state index is 14.4. The molecule has 1 aromatic heterocycles. The lowest BCUT2D eigenvalue weighted by atomic mass is 10.0. The van der Waals surface area contributed by atoms with Crippen LogP contribution < -0.4 is 4.74 Å². The fourth-order valence-corrected chi connectivity index (χ4v) is 2.93. The average molecular weight is 389 g/mol. The first kappa shape index (κ1) is 20.0. The number of unbranched alkanes of at least 4 members (excludes halogenated alkanes) is 2. The van der Waals surface area contributed by atoms with Crippen LogP contribution in [0.15, 0.2) is 41.0 Å². The van der Waals surface area contributed by atoms with Gasteiger partial charge >= 0.3 is 0 Å². The molecule has 0 amide bonds. The first-order chi connectivity index (χ1) is 13.5. The van der Waals surface area contributed by atoms with Crippen molar-refractivity contribution in [3.05, 3.63) is 71.2 Å². The van der Waals surface area contributed by atoms with Gasteiger partial charge in [0.2, 0.25) is 5.82 Å². The van der Waals surface area contributed by atoms with Crippen LogP contribution >= 0.6 is 0 Å². The Morgan fingerprint density at radius 3 is 2.57 bits per heavy atom. The highest BCUT2D eigenvalue weighted by Gasteiger charge is 2.19. The summed E-state index contributed by atoms with van der Waals surface area (Å²) < 4.78 is 53.4. The Bertz CT molecular complexity index is 953. The zero-order valence-electron chi connectivity index (χ0n) is 15.9. The minimum absolute atomic E-state index is 0.113. The summed E-state index contributed by atoms with van der Waals surface area (Å²) in [7, 11) is 0. The minimum atomic E-state index is -1.16. The van der Waals surface area contributed by atoms with Crippen LogP contribution in [0.3, 0.4) is 0 Å². The summed E-state index contributed by atoms with van der Waals surface area (Å²) in [5.74, 6) is -2.53. The van der Waals surface area contributed by atoms with Crippen molar-refractivity contribution in [3.63, 3.8) is 0 Å². The average Bonchev–Trinajstić information content (AvgIpc) is 3.13. The van der Waals surface area contributed by atoms with Crippen molar-refractivity contribution >= 4 is 0 Å². The molecule has 1 heterocycles. The Morgan fingerprint density at radius 2 is 1.79 bits per heavy atom. The van der Waals surface area contributed by atoms with Crippen LogP contribution in [0, 0.1) is 24.4 Å².